The van der Waals surface area contributed by atoms with Crippen LogP contribution in [-0.2, 0) is 0 Å². The monoisotopic (exact) mass is 748 g/mol. The fraction of sp³-hybridized carbons (Fsp3) is 0.0385. The van der Waals surface area contributed by atoms with Crippen LogP contribution in [0.4, 0.5) is 5.69 Å². The van der Waals surface area contributed by atoms with E-state index in [1.165, 1.54) is 92.2 Å². The number of benzene rings is 8. The summed E-state index contributed by atoms with van der Waals surface area (Å²) in [5.74, 6) is 0. The maximum Gasteiger partial charge on any atom is 0.104 e. The van der Waals surface area contributed by atoms with E-state index in [4.69, 9.17) is 0 Å². The van der Waals surface area contributed by atoms with Crippen LogP contribution in [0, 0.1) is 0 Å². The Labute approximate surface area is 333 Å². The molecule has 4 nitrogen and oxygen atoms in total. The molecule has 1 aliphatic rings. The van der Waals surface area contributed by atoms with Crippen LogP contribution in [0.5, 0.6) is 0 Å². The minimum atomic E-state index is -0.0805. The molecule has 2 atom stereocenters. The van der Waals surface area contributed by atoms with Crippen molar-refractivity contribution >= 4 is 70.7 Å². The predicted octanol–water partition coefficient (Wildman–Crippen LogP) is 13.6. The van der Waals surface area contributed by atoms with Gasteiger partial charge in [-0.05, 0) is 89.0 Å². The Morgan fingerprint density at radius 2 is 0.930 bits per heavy atom. The first-order chi connectivity index (χ1) is 28.3. The first-order valence-corrected chi connectivity index (χ1v) is 20.4. The Morgan fingerprint density at radius 3 is 1.61 bits per heavy atom. The van der Waals surface area contributed by atoms with E-state index in [2.05, 4.69) is 214 Å². The van der Waals surface area contributed by atoms with Crippen LogP contribution in [-0.4, -0.2) is 9.13 Å². The summed E-state index contributed by atoms with van der Waals surface area (Å²) in [6.07, 6.45) is -0.0805. The number of aromatic nitrogens is 2. The quantitative estimate of drug-likeness (QED) is 0.184. The summed E-state index contributed by atoms with van der Waals surface area (Å²) < 4.78 is 6.11. The molecule has 57 heavy (non-hydrogen) atoms. The molecule has 5 heteroatoms. The number of anilines is 1. The van der Waals surface area contributed by atoms with Crippen molar-refractivity contribution in [1.82, 2.24) is 14.5 Å². The third-order valence-corrected chi connectivity index (χ3v) is 13.0. The van der Waals surface area contributed by atoms with E-state index in [0.717, 1.165) is 5.69 Å². The van der Waals surface area contributed by atoms with E-state index in [9.17, 15) is 0 Å². The van der Waals surface area contributed by atoms with E-state index in [1.807, 2.05) is 11.3 Å². The highest BCUT2D eigenvalue weighted by Gasteiger charge is 2.31. The average Bonchev–Trinajstić information content (AvgIpc) is 3.94. The molecule has 4 heterocycles. The second-order valence-electron chi connectivity index (χ2n) is 15.0. The topological polar surface area (TPSA) is 33.9 Å². The van der Waals surface area contributed by atoms with Crippen molar-refractivity contribution < 1.29 is 0 Å². The summed E-state index contributed by atoms with van der Waals surface area (Å²) in [6, 6.07) is 70.8. The molecule has 11 aromatic rings. The van der Waals surface area contributed by atoms with Crippen molar-refractivity contribution in [3.8, 4) is 22.5 Å². The lowest BCUT2D eigenvalue weighted by Gasteiger charge is -2.34. The zero-order chi connectivity index (χ0) is 37.5. The Kier molecular flexibility index (Phi) is 7.27. The molecule has 270 valence electrons. The number of fused-ring (bicyclic) bond motifs is 9. The highest BCUT2D eigenvalue weighted by molar-refractivity contribution is 7.20. The molecule has 8 aromatic carbocycles. The maximum atomic E-state index is 4.00. The number of rotatable bonds is 5. The van der Waals surface area contributed by atoms with Crippen LogP contribution >= 0.6 is 11.3 Å². The van der Waals surface area contributed by atoms with Gasteiger partial charge < -0.3 is 14.5 Å². The zero-order valence-electron chi connectivity index (χ0n) is 30.9. The molecule has 1 aliphatic heterocycles. The lowest BCUT2D eigenvalue weighted by Crippen LogP contribution is -2.36. The van der Waals surface area contributed by atoms with E-state index < -0.39 is 0 Å². The molecule has 0 bridgehead atoms. The van der Waals surface area contributed by atoms with Gasteiger partial charge in [-0.1, -0.05) is 127 Å². The Hall–Kier alpha value is -6.92. The number of thiophene rings is 1. The maximum absolute atomic E-state index is 4.00. The van der Waals surface area contributed by atoms with Crippen molar-refractivity contribution in [1.29, 1.82) is 0 Å². The number of hydrogen-bond donors (Lipinski definition) is 2. The van der Waals surface area contributed by atoms with Crippen LogP contribution in [0.3, 0.4) is 0 Å². The number of nitrogens with one attached hydrogen (secondary N) is 2. The van der Waals surface area contributed by atoms with E-state index in [1.54, 1.807) is 0 Å². The average molecular weight is 749 g/mol. The van der Waals surface area contributed by atoms with Gasteiger partial charge in [-0.3, -0.25) is 5.32 Å². The van der Waals surface area contributed by atoms with E-state index in [-0.39, 0.29) is 12.2 Å². The van der Waals surface area contributed by atoms with Gasteiger partial charge in [-0.2, -0.15) is 0 Å². The van der Waals surface area contributed by atoms with Gasteiger partial charge in [-0.15, -0.1) is 11.3 Å². The van der Waals surface area contributed by atoms with Gasteiger partial charge in [0.25, 0.3) is 0 Å². The summed E-state index contributed by atoms with van der Waals surface area (Å²) in [4.78, 5) is 1.33. The predicted molar refractivity (Wildman–Crippen MR) is 240 cm³/mol. The van der Waals surface area contributed by atoms with Gasteiger partial charge in [0.2, 0.25) is 0 Å². The van der Waals surface area contributed by atoms with Crippen molar-refractivity contribution in [2.24, 2.45) is 0 Å². The van der Waals surface area contributed by atoms with Crippen LogP contribution in [0.1, 0.15) is 28.2 Å². The number of nitrogens with zero attached hydrogens (tertiary/aromatic N) is 2. The molecule has 0 fully saturated rings. The minimum absolute atomic E-state index is 0.0780. The van der Waals surface area contributed by atoms with Gasteiger partial charge in [0.05, 0.1) is 38.7 Å². The second kappa shape index (κ2) is 12.8. The third kappa shape index (κ3) is 5.10. The summed E-state index contributed by atoms with van der Waals surface area (Å²) in [6.45, 7) is 0. The smallest absolute Gasteiger partial charge is 0.104 e. The highest BCUT2D eigenvalue weighted by Crippen LogP contribution is 2.47. The Balaban J connectivity index is 0.968. The highest BCUT2D eigenvalue weighted by atomic mass is 32.1. The summed E-state index contributed by atoms with van der Waals surface area (Å²) in [7, 11) is 0. The SMILES string of the molecule is c1ccc(C2NC(c3cccc(-n4c5ccccc5c5cc(-c6ccc7c(c6)c6ccccc6n7-c6ccccc6)ccc54)c3)Nc3c2sc2ccccc32)cc1. The van der Waals surface area contributed by atoms with Gasteiger partial charge in [-0.25, -0.2) is 0 Å². The molecule has 2 unspecified atom stereocenters. The molecule has 0 radical (unpaired) electrons. The van der Waals surface area contributed by atoms with E-state index in [0.29, 0.717) is 0 Å². The molecular weight excluding hydrogens is 713 g/mol. The summed E-state index contributed by atoms with van der Waals surface area (Å²) in [5.41, 5.74) is 13.2. The van der Waals surface area contributed by atoms with Gasteiger partial charge in [0, 0.05) is 43.0 Å². The molecule has 0 spiro atoms. The van der Waals surface area contributed by atoms with Crippen LogP contribution in [0.15, 0.2) is 194 Å². The molecule has 0 saturated carbocycles. The van der Waals surface area contributed by atoms with Crippen molar-refractivity contribution in [2.75, 3.05) is 5.32 Å². The zero-order valence-corrected chi connectivity index (χ0v) is 31.7. The second-order valence-corrected chi connectivity index (χ2v) is 16.1. The third-order valence-electron chi connectivity index (χ3n) is 11.8. The fourth-order valence-electron chi connectivity index (χ4n) is 9.20. The minimum Gasteiger partial charge on any atom is -0.365 e. The number of hydrogen-bond acceptors (Lipinski definition) is 3. The standard InChI is InChI=1S/C52H36N4S/c1-3-14-33(15-4-1)49-51-50(41-22-9-12-25-48(41)57-51)54-52(53-49)36-16-13-19-38(30-36)56-45-24-11-8-21-40(45)43-32-35(27-29-47(43)56)34-26-28-46-42(31-34)39-20-7-10-23-44(39)55(46)37-17-5-2-6-18-37/h1-32,49,52-54H. The molecular formula is C52H36N4S. The van der Waals surface area contributed by atoms with Gasteiger partial charge in [0.1, 0.15) is 6.17 Å². The van der Waals surface area contributed by atoms with Crippen LogP contribution in [0.25, 0.3) is 76.2 Å². The largest absolute Gasteiger partial charge is 0.365 e. The van der Waals surface area contributed by atoms with E-state index >= 15 is 0 Å². The summed E-state index contributed by atoms with van der Waals surface area (Å²) in [5, 5.41) is 14.2. The normalized spacial score (nSPS) is 15.4. The lowest BCUT2D eigenvalue weighted by atomic mass is 9.98. The fourth-order valence-corrected chi connectivity index (χ4v) is 10.5. The van der Waals surface area contributed by atoms with Crippen molar-refractivity contribution in [3.05, 3.63) is 210 Å². The molecule has 0 amide bonds. The first kappa shape index (κ1) is 32.3. The molecule has 2 N–H and O–H groups in total. The lowest BCUT2D eigenvalue weighted by molar-refractivity contribution is 0.513. The van der Waals surface area contributed by atoms with Gasteiger partial charge >= 0.3 is 0 Å². The first-order valence-electron chi connectivity index (χ1n) is 19.6. The summed E-state index contributed by atoms with van der Waals surface area (Å²) >= 11 is 1.87. The Morgan fingerprint density at radius 1 is 0.404 bits per heavy atom. The van der Waals surface area contributed by atoms with Crippen molar-refractivity contribution in [3.63, 3.8) is 0 Å². The molecule has 12 rings (SSSR count). The molecule has 0 saturated heterocycles. The van der Waals surface area contributed by atoms with Crippen LogP contribution < -0.4 is 10.6 Å². The number of para-hydroxylation sites is 3. The van der Waals surface area contributed by atoms with Crippen molar-refractivity contribution in [2.45, 2.75) is 12.2 Å². The molecule has 0 aliphatic carbocycles. The Bertz CT molecular complexity index is 3320. The molecule has 3 aromatic heterocycles. The van der Waals surface area contributed by atoms with Crippen LogP contribution in [0.2, 0.25) is 0 Å². The van der Waals surface area contributed by atoms with Gasteiger partial charge in [0.15, 0.2) is 0 Å².